The third-order valence-electron chi connectivity index (χ3n) is 2.71. The second-order valence-electron chi connectivity index (χ2n) is 4.31. The van der Waals surface area contributed by atoms with Gasteiger partial charge in [-0.05, 0) is 25.8 Å². The summed E-state index contributed by atoms with van der Waals surface area (Å²) in [6.45, 7) is 4.99. The molecule has 2 nitrogen and oxygen atoms in total. The zero-order chi connectivity index (χ0) is 12.0. The molecular formula is C13H21NOS. The second-order valence-corrected chi connectivity index (χ2v) is 6.11. The molecule has 1 aromatic rings. The minimum absolute atomic E-state index is 0.221. The van der Waals surface area contributed by atoms with Crippen LogP contribution in [0.2, 0.25) is 0 Å². The molecule has 0 aromatic heterocycles. The van der Waals surface area contributed by atoms with Crippen LogP contribution in [0.3, 0.4) is 0 Å². The molecular weight excluding hydrogens is 218 g/mol. The molecule has 3 unspecified atom stereocenters. The van der Waals surface area contributed by atoms with E-state index in [1.807, 2.05) is 13.0 Å². The molecule has 0 saturated heterocycles. The van der Waals surface area contributed by atoms with Crippen molar-refractivity contribution in [2.75, 3.05) is 12.8 Å². The number of hydrogen-bond donors (Lipinski definition) is 1. The summed E-state index contributed by atoms with van der Waals surface area (Å²) in [6.07, 6.45) is 2.78. The van der Waals surface area contributed by atoms with Gasteiger partial charge in [-0.1, -0.05) is 30.3 Å². The molecule has 0 saturated carbocycles. The Morgan fingerprint density at radius 3 is 2.44 bits per heavy atom. The maximum absolute atomic E-state index is 11.2. The Kier molecular flexibility index (Phi) is 5.71. The summed E-state index contributed by atoms with van der Waals surface area (Å²) < 4.78 is 11.2. The van der Waals surface area contributed by atoms with Crippen LogP contribution in [0.1, 0.15) is 19.4 Å². The lowest BCUT2D eigenvalue weighted by Gasteiger charge is -2.16. The van der Waals surface area contributed by atoms with Crippen LogP contribution in [-0.4, -0.2) is 28.3 Å². The predicted molar refractivity (Wildman–Crippen MR) is 71.1 cm³/mol. The molecule has 1 rings (SSSR count). The van der Waals surface area contributed by atoms with Crippen molar-refractivity contribution >= 4 is 10.8 Å². The van der Waals surface area contributed by atoms with Gasteiger partial charge < -0.3 is 5.32 Å². The Morgan fingerprint density at radius 1 is 1.25 bits per heavy atom. The van der Waals surface area contributed by atoms with Crippen molar-refractivity contribution < 1.29 is 4.21 Å². The molecule has 3 heteroatoms. The summed E-state index contributed by atoms with van der Waals surface area (Å²) in [7, 11) is -0.736. The average molecular weight is 239 g/mol. The van der Waals surface area contributed by atoms with Gasteiger partial charge in [-0.15, -0.1) is 0 Å². The minimum Gasteiger partial charge on any atom is -0.313 e. The smallest absolute Gasteiger partial charge is 0.0441 e. The molecule has 0 heterocycles. The Hall–Kier alpha value is -0.670. The molecule has 1 N–H and O–H groups in total. The zero-order valence-electron chi connectivity index (χ0n) is 10.3. The fourth-order valence-electron chi connectivity index (χ4n) is 1.52. The van der Waals surface area contributed by atoms with E-state index in [4.69, 9.17) is 0 Å². The normalized spacial score (nSPS) is 16.7. The molecule has 0 aliphatic carbocycles. The molecule has 90 valence electrons. The van der Waals surface area contributed by atoms with Gasteiger partial charge in [-0.25, -0.2) is 0 Å². The highest BCUT2D eigenvalue weighted by molar-refractivity contribution is 7.84. The molecule has 1 aromatic carbocycles. The Morgan fingerprint density at radius 2 is 1.88 bits per heavy atom. The summed E-state index contributed by atoms with van der Waals surface area (Å²) >= 11 is 0. The van der Waals surface area contributed by atoms with E-state index in [0.717, 1.165) is 13.0 Å². The van der Waals surface area contributed by atoms with Crippen molar-refractivity contribution in [3.8, 4) is 0 Å². The Labute approximate surface area is 101 Å². The summed E-state index contributed by atoms with van der Waals surface area (Å²) in [5.41, 5.74) is 1.34. The van der Waals surface area contributed by atoms with Gasteiger partial charge >= 0.3 is 0 Å². The predicted octanol–water partition coefficient (Wildman–Crippen LogP) is 1.97. The van der Waals surface area contributed by atoms with E-state index in [2.05, 4.69) is 36.5 Å². The van der Waals surface area contributed by atoms with Crippen molar-refractivity contribution in [2.45, 2.75) is 31.6 Å². The second kappa shape index (κ2) is 6.81. The van der Waals surface area contributed by atoms with E-state index >= 15 is 0 Å². The fourth-order valence-corrected chi connectivity index (χ4v) is 1.86. The lowest BCUT2D eigenvalue weighted by molar-refractivity contribution is 0.543. The van der Waals surface area contributed by atoms with Gasteiger partial charge in [0.25, 0.3) is 0 Å². The standard InChI is InChI=1S/C13H21NOS/c1-11(14-10-12(2)16(3)15)9-13-7-5-4-6-8-13/h4-8,11-12,14H,9-10H2,1-3H3. The lowest BCUT2D eigenvalue weighted by Crippen LogP contribution is -2.35. The van der Waals surface area contributed by atoms with Crippen molar-refractivity contribution in [1.29, 1.82) is 0 Å². The van der Waals surface area contributed by atoms with Crippen LogP contribution in [0.15, 0.2) is 30.3 Å². The summed E-state index contributed by atoms with van der Waals surface area (Å²) in [6, 6.07) is 10.9. The third-order valence-corrected chi connectivity index (χ3v) is 4.01. The first-order chi connectivity index (χ1) is 7.59. The van der Waals surface area contributed by atoms with E-state index in [1.165, 1.54) is 5.56 Å². The van der Waals surface area contributed by atoms with Gasteiger partial charge in [0.2, 0.25) is 0 Å². The number of nitrogens with one attached hydrogen (secondary N) is 1. The van der Waals surface area contributed by atoms with Gasteiger partial charge in [0.05, 0.1) is 0 Å². The average Bonchev–Trinajstić information content (AvgIpc) is 2.27. The van der Waals surface area contributed by atoms with Crippen molar-refractivity contribution in [1.82, 2.24) is 5.32 Å². The van der Waals surface area contributed by atoms with Crippen molar-refractivity contribution in [3.63, 3.8) is 0 Å². The maximum Gasteiger partial charge on any atom is 0.0441 e. The maximum atomic E-state index is 11.2. The van der Waals surface area contributed by atoms with E-state index < -0.39 is 10.8 Å². The van der Waals surface area contributed by atoms with Crippen LogP contribution in [0.25, 0.3) is 0 Å². The third kappa shape index (κ3) is 4.90. The first-order valence-corrected chi connectivity index (χ1v) is 7.31. The molecule has 0 spiro atoms. The van der Waals surface area contributed by atoms with Gasteiger partial charge in [-0.2, -0.15) is 0 Å². The first kappa shape index (κ1) is 13.4. The zero-order valence-corrected chi connectivity index (χ0v) is 11.1. The summed E-state index contributed by atoms with van der Waals surface area (Å²) in [5.74, 6) is 0. The molecule has 0 fully saturated rings. The van der Waals surface area contributed by atoms with Gasteiger partial charge in [0.15, 0.2) is 0 Å². The van der Waals surface area contributed by atoms with Crippen LogP contribution in [0.5, 0.6) is 0 Å². The van der Waals surface area contributed by atoms with Crippen LogP contribution < -0.4 is 5.32 Å². The SMILES string of the molecule is CC(Cc1ccccc1)NCC(C)S(C)=O. The lowest BCUT2D eigenvalue weighted by atomic mass is 10.1. The van der Waals surface area contributed by atoms with E-state index in [1.54, 1.807) is 6.26 Å². The summed E-state index contributed by atoms with van der Waals surface area (Å²) in [4.78, 5) is 0. The topological polar surface area (TPSA) is 29.1 Å². The highest BCUT2D eigenvalue weighted by Gasteiger charge is 2.08. The Bertz CT molecular complexity index is 326. The molecule has 0 amide bonds. The summed E-state index contributed by atoms with van der Waals surface area (Å²) in [5, 5.41) is 3.64. The van der Waals surface area contributed by atoms with Gasteiger partial charge in [0.1, 0.15) is 0 Å². The van der Waals surface area contributed by atoms with Gasteiger partial charge in [-0.3, -0.25) is 4.21 Å². The molecule has 0 bridgehead atoms. The van der Waals surface area contributed by atoms with Crippen molar-refractivity contribution in [2.24, 2.45) is 0 Å². The number of hydrogen-bond acceptors (Lipinski definition) is 2. The molecule has 0 radical (unpaired) electrons. The van der Waals surface area contributed by atoms with E-state index in [0.29, 0.717) is 6.04 Å². The number of benzene rings is 1. The highest BCUT2D eigenvalue weighted by Crippen LogP contribution is 2.03. The monoisotopic (exact) mass is 239 g/mol. The molecule has 0 aliphatic heterocycles. The van der Waals surface area contributed by atoms with Crippen LogP contribution in [-0.2, 0) is 17.2 Å². The first-order valence-electron chi connectivity index (χ1n) is 5.69. The highest BCUT2D eigenvalue weighted by atomic mass is 32.2. The van der Waals surface area contributed by atoms with E-state index in [-0.39, 0.29) is 5.25 Å². The van der Waals surface area contributed by atoms with Crippen LogP contribution in [0, 0.1) is 0 Å². The van der Waals surface area contributed by atoms with E-state index in [9.17, 15) is 4.21 Å². The number of rotatable bonds is 6. The van der Waals surface area contributed by atoms with Crippen LogP contribution in [0.4, 0.5) is 0 Å². The van der Waals surface area contributed by atoms with Gasteiger partial charge in [0, 0.05) is 34.9 Å². The minimum atomic E-state index is -0.736. The Balaban J connectivity index is 2.31. The molecule has 0 aliphatic rings. The fraction of sp³-hybridized carbons (Fsp3) is 0.538. The molecule has 16 heavy (non-hydrogen) atoms. The van der Waals surface area contributed by atoms with Crippen LogP contribution >= 0.6 is 0 Å². The largest absolute Gasteiger partial charge is 0.313 e. The molecule has 3 atom stereocenters. The quantitative estimate of drug-likeness (QED) is 0.822. The van der Waals surface area contributed by atoms with Crippen molar-refractivity contribution in [3.05, 3.63) is 35.9 Å².